The van der Waals surface area contributed by atoms with E-state index in [4.69, 9.17) is 10.2 Å². The van der Waals surface area contributed by atoms with Gasteiger partial charge in [0, 0.05) is 0 Å². The molecule has 0 saturated carbocycles. The van der Waals surface area contributed by atoms with Gasteiger partial charge in [-0.3, -0.25) is 0 Å². The summed E-state index contributed by atoms with van der Waals surface area (Å²) in [7, 11) is 2.11. The number of nitrogens with zero attached hydrogens (tertiary/aromatic N) is 1. The lowest BCUT2D eigenvalue weighted by atomic mass is 10.1. The predicted molar refractivity (Wildman–Crippen MR) is 69.2 cm³/mol. The summed E-state index contributed by atoms with van der Waals surface area (Å²) in [5, 5.41) is 17.1. The molecule has 1 aromatic rings. The fourth-order valence-electron chi connectivity index (χ4n) is 1.08. The number of carbonyl (C=O) groups is 2. The van der Waals surface area contributed by atoms with Crippen molar-refractivity contribution in [1.82, 2.24) is 4.90 Å². The zero-order valence-electron chi connectivity index (χ0n) is 10.9. The highest BCUT2D eigenvalue weighted by Crippen LogP contribution is 2.07. The number of carboxylic acid groups (broad SMARTS) is 2. The Hall–Kier alpha value is -1.88. The first-order valence-electron chi connectivity index (χ1n) is 5.68. The second-order valence-electron chi connectivity index (χ2n) is 3.64. The lowest BCUT2D eigenvalue weighted by Gasteiger charge is -2.07. The average Bonchev–Trinajstić information content (AvgIpc) is 2.38. The number of hydrogen-bond donors (Lipinski definition) is 2. The third-order valence-corrected chi connectivity index (χ3v) is 2.47. The van der Waals surface area contributed by atoms with Gasteiger partial charge in [0.25, 0.3) is 0 Å². The van der Waals surface area contributed by atoms with Crippen LogP contribution >= 0.6 is 0 Å². The van der Waals surface area contributed by atoms with E-state index < -0.39 is 11.9 Å². The predicted octanol–water partition coefficient (Wildman–Crippen LogP) is 2.04. The van der Waals surface area contributed by atoms with Crippen LogP contribution in [0, 0.1) is 0 Å². The van der Waals surface area contributed by atoms with Gasteiger partial charge in [0.1, 0.15) is 0 Å². The Bertz CT molecular complexity index is 367. The molecule has 0 radical (unpaired) electrons. The normalized spacial score (nSPS) is 9.56. The van der Waals surface area contributed by atoms with Crippen molar-refractivity contribution in [3.8, 4) is 0 Å². The molecule has 0 unspecified atom stereocenters. The molecule has 0 aromatic heterocycles. The van der Waals surface area contributed by atoms with Crippen LogP contribution in [0.4, 0.5) is 0 Å². The summed E-state index contributed by atoms with van der Waals surface area (Å²) in [5.41, 5.74) is -0.380. The third-order valence-electron chi connectivity index (χ3n) is 2.47. The number of carboxylic acids is 2. The van der Waals surface area contributed by atoms with Crippen LogP contribution < -0.4 is 0 Å². The third kappa shape index (κ3) is 5.45. The molecule has 100 valence electrons. The quantitative estimate of drug-likeness (QED) is 0.858. The summed E-state index contributed by atoms with van der Waals surface area (Å²) >= 11 is 0. The molecular formula is C13H19NO4. The van der Waals surface area contributed by atoms with Crippen molar-refractivity contribution in [1.29, 1.82) is 0 Å². The summed E-state index contributed by atoms with van der Waals surface area (Å²) in [6.45, 7) is 6.64. The second-order valence-corrected chi connectivity index (χ2v) is 3.64. The van der Waals surface area contributed by atoms with Crippen LogP contribution in [0.1, 0.15) is 34.6 Å². The van der Waals surface area contributed by atoms with E-state index in [-0.39, 0.29) is 11.1 Å². The minimum atomic E-state index is -1.23. The Balaban J connectivity index is 0.000000411. The molecule has 0 aliphatic rings. The van der Waals surface area contributed by atoms with Gasteiger partial charge in [0.05, 0.1) is 11.1 Å². The topological polar surface area (TPSA) is 77.8 Å². The summed E-state index contributed by atoms with van der Waals surface area (Å²) in [6, 6.07) is 5.48. The monoisotopic (exact) mass is 253 g/mol. The number of hydrogen-bond acceptors (Lipinski definition) is 3. The zero-order chi connectivity index (χ0) is 14.1. The highest BCUT2D eigenvalue weighted by molar-refractivity contribution is 6.01. The van der Waals surface area contributed by atoms with Crippen molar-refractivity contribution in [2.24, 2.45) is 0 Å². The molecule has 0 atom stereocenters. The van der Waals surface area contributed by atoms with Crippen molar-refractivity contribution in [3.63, 3.8) is 0 Å². The average molecular weight is 253 g/mol. The van der Waals surface area contributed by atoms with Gasteiger partial charge in [-0.15, -0.1) is 0 Å². The van der Waals surface area contributed by atoms with Gasteiger partial charge in [-0.05, 0) is 32.3 Å². The Kier molecular flexibility index (Phi) is 7.38. The number of aromatic carboxylic acids is 2. The second kappa shape index (κ2) is 8.25. The fourth-order valence-corrected chi connectivity index (χ4v) is 1.08. The van der Waals surface area contributed by atoms with Gasteiger partial charge >= 0.3 is 11.9 Å². The maximum Gasteiger partial charge on any atom is 0.336 e. The van der Waals surface area contributed by atoms with E-state index in [1.807, 2.05) is 0 Å². The van der Waals surface area contributed by atoms with Gasteiger partial charge in [0.2, 0.25) is 0 Å². The van der Waals surface area contributed by atoms with Crippen LogP contribution in [-0.4, -0.2) is 47.2 Å². The van der Waals surface area contributed by atoms with Crippen LogP contribution in [0.3, 0.4) is 0 Å². The molecule has 0 saturated heterocycles. The standard InChI is InChI=1S/C8H6O4.C5H13N/c9-7(10)5-3-1-2-4-6(5)8(11)12;1-4-6(3)5-2/h1-4H,(H,9,10)(H,11,12);4-5H2,1-3H3. The maximum atomic E-state index is 10.5. The van der Waals surface area contributed by atoms with Crippen LogP contribution in [0.25, 0.3) is 0 Å². The molecular weight excluding hydrogens is 234 g/mol. The van der Waals surface area contributed by atoms with E-state index in [0.29, 0.717) is 0 Å². The molecule has 5 nitrogen and oxygen atoms in total. The van der Waals surface area contributed by atoms with Gasteiger partial charge < -0.3 is 15.1 Å². The summed E-state index contributed by atoms with van der Waals surface area (Å²) in [5.74, 6) is -2.46. The van der Waals surface area contributed by atoms with Gasteiger partial charge in [-0.1, -0.05) is 26.0 Å². The minimum Gasteiger partial charge on any atom is -0.478 e. The van der Waals surface area contributed by atoms with Crippen LogP contribution in [0.5, 0.6) is 0 Å². The molecule has 0 bridgehead atoms. The van der Waals surface area contributed by atoms with E-state index in [1.54, 1.807) is 0 Å². The van der Waals surface area contributed by atoms with Gasteiger partial charge in [0.15, 0.2) is 0 Å². The highest BCUT2D eigenvalue weighted by atomic mass is 16.4. The first-order valence-corrected chi connectivity index (χ1v) is 5.68. The van der Waals surface area contributed by atoms with Crippen LogP contribution in [0.15, 0.2) is 24.3 Å². The Morgan fingerprint density at radius 3 is 1.50 bits per heavy atom. The first kappa shape index (κ1) is 16.1. The Labute approximate surface area is 107 Å². The molecule has 0 aliphatic carbocycles. The molecule has 0 heterocycles. The minimum absolute atomic E-state index is 0.190. The molecule has 1 aromatic carbocycles. The van der Waals surface area contributed by atoms with Crippen molar-refractivity contribution in [2.45, 2.75) is 13.8 Å². The van der Waals surface area contributed by atoms with Crippen LogP contribution in [-0.2, 0) is 0 Å². The number of benzene rings is 1. The molecule has 0 spiro atoms. The van der Waals surface area contributed by atoms with E-state index in [2.05, 4.69) is 25.8 Å². The van der Waals surface area contributed by atoms with Crippen molar-refractivity contribution >= 4 is 11.9 Å². The lowest BCUT2D eigenvalue weighted by molar-refractivity contribution is 0.0651. The molecule has 0 aliphatic heterocycles. The largest absolute Gasteiger partial charge is 0.478 e. The van der Waals surface area contributed by atoms with Gasteiger partial charge in [-0.2, -0.15) is 0 Å². The van der Waals surface area contributed by atoms with Crippen molar-refractivity contribution in [3.05, 3.63) is 35.4 Å². The highest BCUT2D eigenvalue weighted by Gasteiger charge is 2.13. The number of rotatable bonds is 4. The van der Waals surface area contributed by atoms with Crippen LogP contribution in [0.2, 0.25) is 0 Å². The Morgan fingerprint density at radius 1 is 1.00 bits per heavy atom. The fraction of sp³-hybridized carbons (Fsp3) is 0.385. The lowest BCUT2D eigenvalue weighted by Crippen LogP contribution is -2.15. The molecule has 5 heteroatoms. The molecule has 1 rings (SSSR count). The smallest absolute Gasteiger partial charge is 0.336 e. The maximum absolute atomic E-state index is 10.5. The Morgan fingerprint density at radius 2 is 1.33 bits per heavy atom. The summed E-state index contributed by atoms with van der Waals surface area (Å²) in [4.78, 5) is 23.2. The molecule has 18 heavy (non-hydrogen) atoms. The van der Waals surface area contributed by atoms with Gasteiger partial charge in [-0.25, -0.2) is 9.59 Å². The summed E-state index contributed by atoms with van der Waals surface area (Å²) in [6.07, 6.45) is 0. The first-order chi connectivity index (χ1) is 8.43. The summed E-state index contributed by atoms with van der Waals surface area (Å²) < 4.78 is 0. The van der Waals surface area contributed by atoms with Crippen molar-refractivity contribution in [2.75, 3.05) is 20.1 Å². The zero-order valence-corrected chi connectivity index (χ0v) is 10.9. The molecule has 0 amide bonds. The molecule has 2 N–H and O–H groups in total. The van der Waals surface area contributed by atoms with E-state index >= 15 is 0 Å². The van der Waals surface area contributed by atoms with Crippen molar-refractivity contribution < 1.29 is 19.8 Å². The molecule has 0 fully saturated rings. The van der Waals surface area contributed by atoms with E-state index in [1.165, 1.54) is 24.3 Å². The SMILES string of the molecule is CCN(C)CC.O=C(O)c1ccccc1C(=O)O. The van der Waals surface area contributed by atoms with E-state index in [0.717, 1.165) is 13.1 Å². The van der Waals surface area contributed by atoms with E-state index in [9.17, 15) is 9.59 Å².